The highest BCUT2D eigenvalue weighted by Gasteiger charge is 2.22. The van der Waals surface area contributed by atoms with Crippen molar-refractivity contribution in [3.8, 4) is 0 Å². The fourth-order valence-electron chi connectivity index (χ4n) is 2.85. The zero-order valence-corrected chi connectivity index (χ0v) is 13.3. The molecule has 3 rings (SSSR count). The van der Waals surface area contributed by atoms with Crippen molar-refractivity contribution in [1.29, 1.82) is 0 Å². The van der Waals surface area contributed by atoms with E-state index in [0.29, 0.717) is 16.2 Å². The molecule has 0 spiro atoms. The van der Waals surface area contributed by atoms with Crippen molar-refractivity contribution < 1.29 is 0 Å². The fourth-order valence-corrected chi connectivity index (χ4v) is 3.84. The summed E-state index contributed by atoms with van der Waals surface area (Å²) in [5.41, 5.74) is 0.814. The lowest BCUT2D eigenvalue weighted by atomic mass is 10.2. The third kappa shape index (κ3) is 3.01. The zero-order chi connectivity index (χ0) is 14.8. The average molecular weight is 321 g/mol. The Morgan fingerprint density at radius 2 is 2.10 bits per heavy atom. The highest BCUT2D eigenvalue weighted by atomic mass is 35.5. The summed E-state index contributed by atoms with van der Waals surface area (Å²) in [5.74, 6) is 0.569. The molecule has 1 fully saturated rings. The van der Waals surface area contributed by atoms with Crippen LogP contribution in [0.25, 0.3) is 10.9 Å². The SMILES string of the molecule is C=C(Cl)CSc1nc2ccccc2c(=O)n1C1CCCC1. The molecule has 5 heteroatoms. The lowest BCUT2D eigenvalue weighted by molar-refractivity contribution is 0.458. The van der Waals surface area contributed by atoms with Gasteiger partial charge in [-0.15, -0.1) is 0 Å². The second-order valence-corrected chi connectivity index (χ2v) is 6.81. The topological polar surface area (TPSA) is 34.9 Å². The molecule has 21 heavy (non-hydrogen) atoms. The standard InChI is InChI=1S/C16H17ClN2OS/c1-11(17)10-21-16-18-14-9-5-4-8-13(14)15(20)19(16)12-6-2-3-7-12/h4-5,8-9,12H,1-3,6-7,10H2. The predicted octanol–water partition coefficient (Wildman–Crippen LogP) is 4.36. The van der Waals surface area contributed by atoms with Crippen LogP contribution in [0.1, 0.15) is 31.7 Å². The monoisotopic (exact) mass is 320 g/mol. The number of hydrogen-bond acceptors (Lipinski definition) is 3. The van der Waals surface area contributed by atoms with Crippen molar-refractivity contribution in [3.05, 3.63) is 46.2 Å². The van der Waals surface area contributed by atoms with E-state index in [0.717, 1.165) is 23.5 Å². The Balaban J connectivity index is 2.14. The van der Waals surface area contributed by atoms with Gasteiger partial charge in [0, 0.05) is 16.8 Å². The van der Waals surface area contributed by atoms with E-state index >= 15 is 0 Å². The summed E-state index contributed by atoms with van der Waals surface area (Å²) in [6, 6.07) is 7.79. The van der Waals surface area contributed by atoms with Gasteiger partial charge in [0.2, 0.25) is 0 Å². The van der Waals surface area contributed by atoms with Gasteiger partial charge in [-0.3, -0.25) is 9.36 Å². The Hall–Kier alpha value is -1.26. The normalized spacial score (nSPS) is 15.7. The first-order valence-corrected chi connectivity index (χ1v) is 8.50. The van der Waals surface area contributed by atoms with Crippen LogP contribution in [0.2, 0.25) is 0 Å². The zero-order valence-electron chi connectivity index (χ0n) is 11.7. The molecule has 1 heterocycles. The predicted molar refractivity (Wildman–Crippen MR) is 89.2 cm³/mol. The maximum absolute atomic E-state index is 12.8. The number of nitrogens with zero attached hydrogens (tertiary/aromatic N) is 2. The van der Waals surface area contributed by atoms with Gasteiger partial charge >= 0.3 is 0 Å². The summed E-state index contributed by atoms with van der Waals surface area (Å²) in [5, 5.41) is 2.02. The van der Waals surface area contributed by atoms with E-state index < -0.39 is 0 Å². The Morgan fingerprint density at radius 3 is 2.81 bits per heavy atom. The highest BCUT2D eigenvalue weighted by Crippen LogP contribution is 2.32. The Kier molecular flexibility index (Phi) is 4.36. The molecule has 0 saturated heterocycles. The van der Waals surface area contributed by atoms with E-state index in [-0.39, 0.29) is 11.6 Å². The number of thioether (sulfide) groups is 1. The van der Waals surface area contributed by atoms with E-state index in [9.17, 15) is 4.79 Å². The Morgan fingerprint density at radius 1 is 1.38 bits per heavy atom. The first-order chi connectivity index (χ1) is 10.2. The Bertz CT molecular complexity index is 735. The molecular formula is C16H17ClN2OS. The van der Waals surface area contributed by atoms with Crippen molar-refractivity contribution in [1.82, 2.24) is 9.55 Å². The molecule has 1 aliphatic carbocycles. The maximum atomic E-state index is 12.8. The van der Waals surface area contributed by atoms with Gasteiger partial charge in [-0.25, -0.2) is 4.98 Å². The lowest BCUT2D eigenvalue weighted by Gasteiger charge is -2.18. The van der Waals surface area contributed by atoms with Gasteiger partial charge in [-0.05, 0) is 25.0 Å². The molecule has 0 amide bonds. The summed E-state index contributed by atoms with van der Waals surface area (Å²) >= 11 is 7.36. The van der Waals surface area contributed by atoms with Crippen LogP contribution in [0.15, 0.2) is 45.8 Å². The van der Waals surface area contributed by atoms with E-state index in [1.165, 1.54) is 24.6 Å². The van der Waals surface area contributed by atoms with Gasteiger partial charge in [0.1, 0.15) is 0 Å². The molecule has 3 nitrogen and oxygen atoms in total. The van der Waals surface area contributed by atoms with Crippen LogP contribution in [0, 0.1) is 0 Å². The summed E-state index contributed by atoms with van der Waals surface area (Å²) in [7, 11) is 0. The fraction of sp³-hybridized carbons (Fsp3) is 0.375. The van der Waals surface area contributed by atoms with Crippen molar-refractivity contribution >= 4 is 34.3 Å². The number of halogens is 1. The smallest absolute Gasteiger partial charge is 0.262 e. The van der Waals surface area contributed by atoms with Crippen LogP contribution < -0.4 is 5.56 Å². The number of hydrogen-bond donors (Lipinski definition) is 0. The minimum Gasteiger partial charge on any atom is -0.284 e. The molecule has 2 aromatic rings. The minimum absolute atomic E-state index is 0.0650. The molecule has 0 atom stereocenters. The second-order valence-electron chi connectivity index (χ2n) is 5.33. The number of fused-ring (bicyclic) bond motifs is 1. The van der Waals surface area contributed by atoms with Gasteiger partial charge in [0.05, 0.1) is 10.9 Å². The van der Waals surface area contributed by atoms with E-state index in [1.807, 2.05) is 28.8 Å². The number of rotatable bonds is 4. The lowest BCUT2D eigenvalue weighted by Crippen LogP contribution is -2.26. The molecule has 1 aromatic carbocycles. The van der Waals surface area contributed by atoms with Crippen molar-refractivity contribution in [3.63, 3.8) is 0 Å². The first-order valence-electron chi connectivity index (χ1n) is 7.14. The highest BCUT2D eigenvalue weighted by molar-refractivity contribution is 7.99. The van der Waals surface area contributed by atoms with Gasteiger partial charge < -0.3 is 0 Å². The van der Waals surface area contributed by atoms with E-state index in [4.69, 9.17) is 11.6 Å². The molecule has 0 N–H and O–H groups in total. The summed E-state index contributed by atoms with van der Waals surface area (Å²) in [6.07, 6.45) is 4.46. The van der Waals surface area contributed by atoms with E-state index in [2.05, 4.69) is 11.6 Å². The van der Waals surface area contributed by atoms with Crippen LogP contribution in [0.5, 0.6) is 0 Å². The molecule has 0 unspecified atom stereocenters. The van der Waals surface area contributed by atoms with Crippen LogP contribution in [0.3, 0.4) is 0 Å². The van der Waals surface area contributed by atoms with Gasteiger partial charge in [-0.2, -0.15) is 0 Å². The van der Waals surface area contributed by atoms with Crippen molar-refractivity contribution in [2.45, 2.75) is 36.9 Å². The average Bonchev–Trinajstić information content (AvgIpc) is 2.99. The third-order valence-corrected chi connectivity index (χ3v) is 5.15. The number of benzene rings is 1. The number of aromatic nitrogens is 2. The summed E-state index contributed by atoms with van der Waals surface area (Å²) in [4.78, 5) is 17.5. The van der Waals surface area contributed by atoms with Crippen LogP contribution in [-0.2, 0) is 0 Å². The third-order valence-electron chi connectivity index (χ3n) is 3.82. The van der Waals surface area contributed by atoms with E-state index in [1.54, 1.807) is 0 Å². The second kappa shape index (κ2) is 6.24. The Labute approximate surface area is 133 Å². The largest absolute Gasteiger partial charge is 0.284 e. The molecule has 0 aliphatic heterocycles. The van der Waals surface area contributed by atoms with Crippen molar-refractivity contribution in [2.24, 2.45) is 0 Å². The van der Waals surface area contributed by atoms with Gasteiger partial charge in [-0.1, -0.05) is 54.9 Å². The number of para-hydroxylation sites is 1. The molecular weight excluding hydrogens is 304 g/mol. The maximum Gasteiger partial charge on any atom is 0.262 e. The molecule has 1 aliphatic rings. The first kappa shape index (κ1) is 14.7. The van der Waals surface area contributed by atoms with Gasteiger partial charge in [0.25, 0.3) is 5.56 Å². The molecule has 110 valence electrons. The van der Waals surface area contributed by atoms with Crippen molar-refractivity contribution in [2.75, 3.05) is 5.75 Å². The summed E-state index contributed by atoms with van der Waals surface area (Å²) in [6.45, 7) is 3.71. The quantitative estimate of drug-likeness (QED) is 0.620. The molecule has 0 radical (unpaired) electrons. The van der Waals surface area contributed by atoms with Gasteiger partial charge in [0.15, 0.2) is 5.16 Å². The molecule has 1 aromatic heterocycles. The minimum atomic E-state index is 0.0650. The molecule has 0 bridgehead atoms. The summed E-state index contributed by atoms with van der Waals surface area (Å²) < 4.78 is 1.87. The van der Waals surface area contributed by atoms with Crippen LogP contribution in [-0.4, -0.2) is 15.3 Å². The molecule has 1 saturated carbocycles. The van der Waals surface area contributed by atoms with Crippen LogP contribution in [0.4, 0.5) is 0 Å². The van der Waals surface area contributed by atoms with Crippen LogP contribution >= 0.6 is 23.4 Å².